The zero-order valence-corrected chi connectivity index (χ0v) is 29.5. The van der Waals surface area contributed by atoms with Gasteiger partial charge >= 0.3 is 6.01 Å². The van der Waals surface area contributed by atoms with Crippen LogP contribution in [0.2, 0.25) is 0 Å². The summed E-state index contributed by atoms with van der Waals surface area (Å²) in [7, 11) is 3.47. The quantitative estimate of drug-likeness (QED) is 0.235. The van der Waals surface area contributed by atoms with E-state index in [0.29, 0.717) is 30.0 Å². The molecule has 0 spiro atoms. The third-order valence-electron chi connectivity index (χ3n) is 11.5. The van der Waals surface area contributed by atoms with Gasteiger partial charge in [0.05, 0.1) is 60.1 Å². The number of hydrogen-bond donors (Lipinski definition) is 1. The lowest BCUT2D eigenvalue weighted by molar-refractivity contribution is -0.0410. The number of nitriles is 1. The van der Waals surface area contributed by atoms with Crippen molar-refractivity contribution in [1.29, 1.82) is 5.26 Å². The second-order valence-corrected chi connectivity index (χ2v) is 15.7. The molecule has 1 aliphatic carbocycles. The first kappa shape index (κ1) is 33.1. The smallest absolute Gasteiger partial charge is 0.319 e. The van der Waals surface area contributed by atoms with Gasteiger partial charge in [0.25, 0.3) is 0 Å². The number of hydrogen-bond acceptors (Lipinski definition) is 13. The van der Waals surface area contributed by atoms with E-state index in [-0.39, 0.29) is 80.3 Å². The van der Waals surface area contributed by atoms with Crippen LogP contribution in [0.5, 0.6) is 6.01 Å². The molecule has 3 aromatic heterocycles. The van der Waals surface area contributed by atoms with E-state index in [0.717, 1.165) is 88.0 Å². The van der Waals surface area contributed by atoms with Crippen LogP contribution < -0.4 is 15.4 Å². The fraction of sp³-hybridized carbons (Fsp3) is 0.556. The van der Waals surface area contributed by atoms with Gasteiger partial charge in [-0.15, -0.1) is 11.3 Å². The van der Waals surface area contributed by atoms with Crippen molar-refractivity contribution in [3.63, 3.8) is 0 Å². The maximum atomic E-state index is 17.5. The number of nitrogen functional groups attached to an aromatic ring is 1. The number of piperazine rings is 1. The Morgan fingerprint density at radius 1 is 1.06 bits per heavy atom. The number of fused-ring (bicyclic) bond motifs is 6. The summed E-state index contributed by atoms with van der Waals surface area (Å²) in [6.45, 7) is 6.68. The first-order valence-electron chi connectivity index (χ1n) is 17.6. The lowest BCUT2D eigenvalue weighted by Gasteiger charge is -2.42. The normalized spacial score (nSPS) is 22.8. The number of thiophene rings is 1. The molecule has 15 heteroatoms. The molecule has 7 heterocycles. The third kappa shape index (κ3) is 5.50. The van der Waals surface area contributed by atoms with E-state index in [2.05, 4.69) is 25.8 Å². The van der Waals surface area contributed by atoms with Crippen LogP contribution in [-0.2, 0) is 27.4 Å². The van der Waals surface area contributed by atoms with Crippen molar-refractivity contribution in [2.24, 2.45) is 5.41 Å². The van der Waals surface area contributed by atoms with Gasteiger partial charge in [-0.25, -0.2) is 8.78 Å². The standard InChI is InChI=1S/C36H40F2N8O4S/c1-47-8-7-44-11-19-3-4-20(12-44)46(19)34-28-24-16-49-15-23(24)26(30-27-22(9-39)33(40)51-32(27)25(37)10-41-30)29(38)31(28)42-35(43-34)50-18-36(5-6-36)17-45-13-21(14-45)48-2/h10,19-21H,3-8,11-18,40H2,1-2H3. The van der Waals surface area contributed by atoms with Gasteiger partial charge in [-0.05, 0) is 36.8 Å². The minimum absolute atomic E-state index is 0.00507. The van der Waals surface area contributed by atoms with Crippen LogP contribution in [0.1, 0.15) is 42.4 Å². The molecule has 268 valence electrons. The highest BCUT2D eigenvalue weighted by atomic mass is 32.1. The zero-order chi connectivity index (χ0) is 35.0. The maximum absolute atomic E-state index is 17.5. The van der Waals surface area contributed by atoms with Crippen LogP contribution in [0, 0.1) is 28.4 Å². The van der Waals surface area contributed by atoms with Crippen LogP contribution in [0.4, 0.5) is 19.6 Å². The number of anilines is 2. The molecule has 51 heavy (non-hydrogen) atoms. The summed E-state index contributed by atoms with van der Waals surface area (Å²) in [5.41, 5.74) is 7.99. The van der Waals surface area contributed by atoms with Crippen LogP contribution in [0.25, 0.3) is 32.2 Å². The third-order valence-corrected chi connectivity index (χ3v) is 12.5. The summed E-state index contributed by atoms with van der Waals surface area (Å²) in [5.74, 6) is -0.590. The molecule has 5 aliphatic rings. The Bertz CT molecular complexity index is 2070. The first-order chi connectivity index (χ1) is 24.8. The van der Waals surface area contributed by atoms with Crippen molar-refractivity contribution in [3.05, 3.63) is 34.5 Å². The van der Waals surface area contributed by atoms with Gasteiger partial charge in [0.15, 0.2) is 11.6 Å². The van der Waals surface area contributed by atoms with Crippen molar-refractivity contribution >= 4 is 43.1 Å². The molecule has 4 fully saturated rings. The van der Waals surface area contributed by atoms with Gasteiger partial charge in [0, 0.05) is 81.9 Å². The molecule has 0 radical (unpaired) electrons. The van der Waals surface area contributed by atoms with Gasteiger partial charge in [-0.2, -0.15) is 15.2 Å². The number of rotatable bonds is 11. The van der Waals surface area contributed by atoms with Crippen molar-refractivity contribution < 1.29 is 27.7 Å². The topological polar surface area (TPSA) is 135 Å². The molecule has 2 unspecified atom stereocenters. The molecule has 0 amide bonds. The predicted molar refractivity (Wildman–Crippen MR) is 188 cm³/mol. The molecule has 4 aliphatic heterocycles. The molecule has 2 bridgehead atoms. The predicted octanol–water partition coefficient (Wildman–Crippen LogP) is 4.46. The molecule has 12 nitrogen and oxygen atoms in total. The van der Waals surface area contributed by atoms with Crippen LogP contribution >= 0.6 is 11.3 Å². The molecule has 2 atom stereocenters. The number of nitrogens with zero attached hydrogens (tertiary/aromatic N) is 7. The largest absolute Gasteiger partial charge is 0.463 e. The Kier molecular flexibility index (Phi) is 8.25. The van der Waals surface area contributed by atoms with E-state index in [1.807, 2.05) is 0 Å². The number of methoxy groups -OCH3 is 2. The Morgan fingerprint density at radius 3 is 2.53 bits per heavy atom. The molecular weight excluding hydrogens is 679 g/mol. The summed E-state index contributed by atoms with van der Waals surface area (Å²) in [6.07, 6.45) is 5.39. The number of aromatic nitrogens is 3. The summed E-state index contributed by atoms with van der Waals surface area (Å²) in [4.78, 5) is 21.5. The molecule has 3 saturated heterocycles. The Morgan fingerprint density at radius 2 is 1.82 bits per heavy atom. The molecular formula is C36H40F2N8O4S. The average molecular weight is 719 g/mol. The SMILES string of the molecule is COCCN1CC2CCC(C1)N2c1nc(OCC2(CN3CC(OC)C3)CC2)nc2c(F)c(-c3ncc(F)c4sc(N)c(C#N)c34)c3c(c12)COC3. The van der Waals surface area contributed by atoms with Crippen LogP contribution in [0.15, 0.2) is 6.20 Å². The van der Waals surface area contributed by atoms with E-state index < -0.39 is 11.6 Å². The monoisotopic (exact) mass is 718 g/mol. The second-order valence-electron chi connectivity index (χ2n) is 14.7. The highest BCUT2D eigenvalue weighted by Crippen LogP contribution is 2.50. The minimum atomic E-state index is -0.629. The van der Waals surface area contributed by atoms with Gasteiger partial charge in [0.2, 0.25) is 0 Å². The number of benzene rings is 1. The van der Waals surface area contributed by atoms with E-state index >= 15 is 8.78 Å². The molecule has 2 N–H and O–H groups in total. The number of ether oxygens (including phenoxy) is 4. The molecule has 1 aromatic carbocycles. The number of likely N-dealkylation sites (tertiary alicyclic amines) is 2. The summed E-state index contributed by atoms with van der Waals surface area (Å²) < 4.78 is 56.0. The van der Waals surface area contributed by atoms with E-state index in [1.54, 1.807) is 14.2 Å². The Labute approximate surface area is 298 Å². The van der Waals surface area contributed by atoms with Crippen molar-refractivity contribution in [1.82, 2.24) is 24.8 Å². The van der Waals surface area contributed by atoms with Gasteiger partial charge < -0.3 is 29.6 Å². The van der Waals surface area contributed by atoms with E-state index in [4.69, 9.17) is 34.6 Å². The maximum Gasteiger partial charge on any atom is 0.319 e. The summed E-state index contributed by atoms with van der Waals surface area (Å²) >= 11 is 0.956. The van der Waals surface area contributed by atoms with Crippen molar-refractivity contribution in [3.8, 4) is 23.3 Å². The first-order valence-corrected chi connectivity index (χ1v) is 18.4. The minimum Gasteiger partial charge on any atom is -0.463 e. The fourth-order valence-electron chi connectivity index (χ4n) is 8.63. The second kappa shape index (κ2) is 12.7. The molecule has 9 rings (SSSR count). The van der Waals surface area contributed by atoms with Gasteiger partial charge in [-0.1, -0.05) is 0 Å². The van der Waals surface area contributed by atoms with Crippen LogP contribution in [-0.4, -0.2) is 110 Å². The van der Waals surface area contributed by atoms with E-state index in [9.17, 15) is 5.26 Å². The number of nitrogens with two attached hydrogens (primary N) is 1. The lowest BCUT2D eigenvalue weighted by atomic mass is 9.93. The summed E-state index contributed by atoms with van der Waals surface area (Å²) in [6, 6.07) is 2.56. The molecule has 4 aromatic rings. The molecule has 1 saturated carbocycles. The summed E-state index contributed by atoms with van der Waals surface area (Å²) in [5, 5.41) is 11.0. The van der Waals surface area contributed by atoms with Crippen molar-refractivity contribution in [2.45, 2.75) is 57.1 Å². The number of pyridine rings is 1. The number of halogens is 2. The van der Waals surface area contributed by atoms with Gasteiger partial charge in [0.1, 0.15) is 22.4 Å². The van der Waals surface area contributed by atoms with Crippen LogP contribution in [0.3, 0.4) is 0 Å². The van der Waals surface area contributed by atoms with Gasteiger partial charge in [-0.3, -0.25) is 14.8 Å². The Balaban J connectivity index is 1.18. The van der Waals surface area contributed by atoms with E-state index in [1.165, 1.54) is 0 Å². The highest BCUT2D eigenvalue weighted by molar-refractivity contribution is 7.23. The average Bonchev–Trinajstić information content (AvgIpc) is 3.40. The lowest BCUT2D eigenvalue weighted by Crippen LogP contribution is -2.54. The highest BCUT2D eigenvalue weighted by Gasteiger charge is 2.47. The zero-order valence-electron chi connectivity index (χ0n) is 28.7. The van der Waals surface area contributed by atoms with Crippen molar-refractivity contribution in [2.75, 3.05) is 77.3 Å². The fourth-order valence-corrected chi connectivity index (χ4v) is 9.56. The Hall–Kier alpha value is -3.78.